The van der Waals surface area contributed by atoms with Gasteiger partial charge in [-0.1, -0.05) is 23.7 Å². The number of ether oxygens (including phenoxy) is 1. The molecule has 2 N–H and O–H groups in total. The zero-order valence-electron chi connectivity index (χ0n) is 19.5. The topological polar surface area (TPSA) is 90.2 Å². The third-order valence-corrected chi connectivity index (χ3v) is 6.44. The second-order valence-corrected chi connectivity index (χ2v) is 9.25. The Kier molecular flexibility index (Phi) is 6.82. The van der Waals surface area contributed by atoms with Crippen LogP contribution in [0.2, 0.25) is 5.02 Å². The van der Waals surface area contributed by atoms with Crippen LogP contribution in [-0.2, 0) is 16.1 Å². The van der Waals surface area contributed by atoms with Crippen molar-refractivity contribution in [2.24, 2.45) is 0 Å². The summed E-state index contributed by atoms with van der Waals surface area (Å²) >= 11 is 6.64. The third-order valence-electron chi connectivity index (χ3n) is 6.16. The van der Waals surface area contributed by atoms with Crippen molar-refractivity contribution in [2.75, 3.05) is 18.5 Å². The van der Waals surface area contributed by atoms with Gasteiger partial charge in [0.15, 0.2) is 6.23 Å². The van der Waals surface area contributed by atoms with Crippen molar-refractivity contribution in [1.82, 2.24) is 19.7 Å². The number of amides is 1. The first-order valence-corrected chi connectivity index (χ1v) is 12.1. The van der Waals surface area contributed by atoms with Gasteiger partial charge in [0.25, 0.3) is 5.56 Å². The van der Waals surface area contributed by atoms with Crippen LogP contribution in [0, 0.1) is 0 Å². The maximum atomic E-state index is 13.2. The number of fused-ring (bicyclic) bond motifs is 2. The second-order valence-electron chi connectivity index (χ2n) is 8.84. The highest BCUT2D eigenvalue weighted by atomic mass is 35.5. The molecule has 4 aromatic rings. The number of halogens is 4. The molecule has 0 spiro atoms. The van der Waals surface area contributed by atoms with Crippen LogP contribution < -0.4 is 16.2 Å². The number of carbonyl (C=O) groups excluding carboxylic acids is 1. The predicted octanol–water partition coefficient (Wildman–Crippen LogP) is 5.13. The molecule has 1 fully saturated rings. The largest absolute Gasteiger partial charge is 0.405 e. The molecule has 37 heavy (non-hydrogen) atoms. The molecule has 0 radical (unpaired) electrons. The van der Waals surface area contributed by atoms with Gasteiger partial charge in [-0.05, 0) is 48.9 Å². The standard InChI is InChI=1S/C25H23ClF3N5O3/c26-18-11-17(10-16-12-31-34(23(16)18)21-6-1-2-9-37-21)32-19-5-3-4-15-7-8-33(24(36)22(15)19)13-20(35)30-14-25(27,28)29/h3-5,7-8,10-12,21,32H,1-2,6,9,13-14H2,(H,30,35). The summed E-state index contributed by atoms with van der Waals surface area (Å²) in [4.78, 5) is 25.2. The van der Waals surface area contributed by atoms with Crippen LogP contribution in [0.25, 0.3) is 21.7 Å². The number of carbonyl (C=O) groups is 1. The van der Waals surface area contributed by atoms with Crippen molar-refractivity contribution in [3.8, 4) is 0 Å². The molecule has 0 aliphatic carbocycles. The van der Waals surface area contributed by atoms with Crippen LogP contribution in [0.5, 0.6) is 0 Å². The van der Waals surface area contributed by atoms with Crippen molar-refractivity contribution in [3.63, 3.8) is 0 Å². The highest BCUT2D eigenvalue weighted by Gasteiger charge is 2.27. The Hall–Kier alpha value is -3.57. The molecule has 8 nitrogen and oxygen atoms in total. The molecule has 1 aliphatic heterocycles. The number of nitrogens with zero attached hydrogens (tertiary/aromatic N) is 3. The molecule has 194 valence electrons. The van der Waals surface area contributed by atoms with Gasteiger partial charge in [0, 0.05) is 23.9 Å². The highest BCUT2D eigenvalue weighted by molar-refractivity contribution is 6.35. The van der Waals surface area contributed by atoms with E-state index in [9.17, 15) is 22.8 Å². The Morgan fingerprint density at radius 2 is 2.03 bits per heavy atom. The van der Waals surface area contributed by atoms with Gasteiger partial charge in [-0.25, -0.2) is 4.68 Å². The number of benzene rings is 2. The lowest BCUT2D eigenvalue weighted by atomic mass is 10.1. The number of rotatable bonds is 6. The van der Waals surface area contributed by atoms with Crippen molar-refractivity contribution in [3.05, 3.63) is 64.2 Å². The van der Waals surface area contributed by atoms with Gasteiger partial charge in [-0.3, -0.25) is 9.59 Å². The summed E-state index contributed by atoms with van der Waals surface area (Å²) < 4.78 is 45.9. The Morgan fingerprint density at radius 3 is 2.78 bits per heavy atom. The van der Waals surface area contributed by atoms with E-state index < -0.39 is 30.7 Å². The zero-order chi connectivity index (χ0) is 26.2. The van der Waals surface area contributed by atoms with Gasteiger partial charge >= 0.3 is 6.18 Å². The average molecular weight is 534 g/mol. The monoisotopic (exact) mass is 533 g/mol. The minimum atomic E-state index is -4.54. The summed E-state index contributed by atoms with van der Waals surface area (Å²) in [6.07, 6.45) is 1.29. The first-order valence-electron chi connectivity index (χ1n) is 11.7. The third kappa shape index (κ3) is 5.42. The fraction of sp³-hybridized carbons (Fsp3) is 0.320. The van der Waals surface area contributed by atoms with E-state index in [1.807, 2.05) is 6.07 Å². The first kappa shape index (κ1) is 25.1. The van der Waals surface area contributed by atoms with Crippen molar-refractivity contribution < 1.29 is 22.7 Å². The Labute approximate surface area is 214 Å². The molecule has 1 amide bonds. The number of alkyl halides is 3. The molecular weight excluding hydrogens is 511 g/mol. The van der Waals surface area contributed by atoms with Crippen LogP contribution in [0.4, 0.5) is 24.5 Å². The summed E-state index contributed by atoms with van der Waals surface area (Å²) in [5.74, 6) is -0.916. The quantitative estimate of drug-likeness (QED) is 0.359. The van der Waals surface area contributed by atoms with Crippen LogP contribution >= 0.6 is 11.6 Å². The van der Waals surface area contributed by atoms with E-state index >= 15 is 0 Å². The van der Waals surface area contributed by atoms with Crippen LogP contribution in [0.15, 0.2) is 53.6 Å². The van der Waals surface area contributed by atoms with Crippen LogP contribution in [-0.4, -0.2) is 39.6 Å². The van der Waals surface area contributed by atoms with Gasteiger partial charge in [0.1, 0.15) is 13.1 Å². The SMILES string of the molecule is O=C(Cn1ccc2cccc(Nc3cc(Cl)c4c(cnn4C4CCCCO4)c3)c2c1=O)NCC(F)(F)F. The van der Waals surface area contributed by atoms with Crippen LogP contribution in [0.3, 0.4) is 0 Å². The van der Waals surface area contributed by atoms with E-state index in [2.05, 4.69) is 10.4 Å². The van der Waals surface area contributed by atoms with Crippen molar-refractivity contribution in [2.45, 2.75) is 38.2 Å². The highest BCUT2D eigenvalue weighted by Crippen LogP contribution is 2.34. The van der Waals surface area contributed by atoms with Crippen molar-refractivity contribution in [1.29, 1.82) is 0 Å². The maximum Gasteiger partial charge on any atom is 0.405 e. The number of hydrogen-bond acceptors (Lipinski definition) is 5. The number of pyridine rings is 1. The number of anilines is 2. The Bertz CT molecular complexity index is 1530. The van der Waals surface area contributed by atoms with E-state index in [1.165, 1.54) is 6.20 Å². The molecular formula is C25H23ClF3N5O3. The fourth-order valence-electron chi connectivity index (χ4n) is 4.47. The minimum absolute atomic E-state index is 0.174. The molecule has 3 heterocycles. The maximum absolute atomic E-state index is 13.2. The summed E-state index contributed by atoms with van der Waals surface area (Å²) in [7, 11) is 0. The lowest BCUT2D eigenvalue weighted by Gasteiger charge is -2.23. The lowest BCUT2D eigenvalue weighted by Crippen LogP contribution is -2.37. The van der Waals surface area contributed by atoms with E-state index in [0.29, 0.717) is 28.4 Å². The molecule has 1 atom stereocenters. The van der Waals surface area contributed by atoms with E-state index in [4.69, 9.17) is 16.3 Å². The average Bonchev–Trinajstić information content (AvgIpc) is 3.29. The van der Waals surface area contributed by atoms with Gasteiger partial charge in [-0.2, -0.15) is 18.3 Å². The van der Waals surface area contributed by atoms with Gasteiger partial charge in [-0.15, -0.1) is 0 Å². The molecule has 0 bridgehead atoms. The fourth-order valence-corrected chi connectivity index (χ4v) is 4.79. The van der Waals surface area contributed by atoms with Gasteiger partial charge in [0.2, 0.25) is 5.91 Å². The lowest BCUT2D eigenvalue weighted by molar-refractivity contribution is -0.138. The molecule has 0 saturated carbocycles. The molecule has 1 saturated heterocycles. The van der Waals surface area contributed by atoms with Crippen LogP contribution in [0.1, 0.15) is 25.5 Å². The summed E-state index contributed by atoms with van der Waals surface area (Å²) in [5, 5.41) is 11.6. The molecule has 2 aromatic heterocycles. The van der Waals surface area contributed by atoms with Crippen molar-refractivity contribution >= 4 is 50.6 Å². The Balaban J connectivity index is 1.44. The summed E-state index contributed by atoms with van der Waals surface area (Å²) in [6, 6.07) is 10.4. The van der Waals surface area contributed by atoms with E-state index in [0.717, 1.165) is 34.7 Å². The van der Waals surface area contributed by atoms with Gasteiger partial charge < -0.3 is 19.9 Å². The number of aromatic nitrogens is 3. The molecule has 2 aromatic carbocycles. The van der Waals surface area contributed by atoms with Gasteiger partial charge in [0.05, 0.1) is 27.8 Å². The smallest absolute Gasteiger partial charge is 0.356 e. The number of hydrogen-bond donors (Lipinski definition) is 2. The van der Waals surface area contributed by atoms with E-state index in [1.54, 1.807) is 46.5 Å². The molecule has 12 heteroatoms. The zero-order valence-corrected chi connectivity index (χ0v) is 20.3. The predicted molar refractivity (Wildman–Crippen MR) is 134 cm³/mol. The second kappa shape index (κ2) is 10.1. The summed E-state index contributed by atoms with van der Waals surface area (Å²) in [6.45, 7) is -1.33. The molecule has 1 unspecified atom stereocenters. The molecule has 5 rings (SSSR count). The normalized spacial score (nSPS) is 16.3. The van der Waals surface area contributed by atoms with E-state index in [-0.39, 0.29) is 11.6 Å². The number of nitrogens with one attached hydrogen (secondary N) is 2. The first-order chi connectivity index (χ1) is 17.7. The minimum Gasteiger partial charge on any atom is -0.356 e. The molecule has 1 aliphatic rings. The summed E-state index contributed by atoms with van der Waals surface area (Å²) in [5.41, 5.74) is 1.32. The Morgan fingerprint density at radius 1 is 1.19 bits per heavy atom.